The van der Waals surface area contributed by atoms with Crippen LogP contribution in [0.15, 0.2) is 48.5 Å². The van der Waals surface area contributed by atoms with Gasteiger partial charge < -0.3 is 10.4 Å². The van der Waals surface area contributed by atoms with E-state index in [1.807, 2.05) is 48.5 Å². The van der Waals surface area contributed by atoms with Gasteiger partial charge in [-0.05, 0) is 43.0 Å². The molecule has 0 amide bonds. The summed E-state index contributed by atoms with van der Waals surface area (Å²) in [6.07, 6.45) is 2.12. The molecule has 5 heteroatoms. The summed E-state index contributed by atoms with van der Waals surface area (Å²) in [5.41, 5.74) is 4.59. The van der Waals surface area contributed by atoms with Crippen LogP contribution < -0.4 is 5.32 Å². The average molecular weight is 353 g/mol. The lowest BCUT2D eigenvalue weighted by atomic mass is 9.97. The lowest BCUT2D eigenvalue weighted by Crippen LogP contribution is -2.28. The quantitative estimate of drug-likeness (QED) is 0.698. The maximum absolute atomic E-state index is 11.6. The van der Waals surface area contributed by atoms with Gasteiger partial charge in [-0.1, -0.05) is 41.9 Å². The van der Waals surface area contributed by atoms with Gasteiger partial charge in [0.05, 0.1) is 16.9 Å². The van der Waals surface area contributed by atoms with Crippen LogP contribution in [0, 0.1) is 0 Å². The largest absolute Gasteiger partial charge is 0.480 e. The fourth-order valence-electron chi connectivity index (χ4n) is 3.43. The molecular formula is C20H17ClN2O2. The molecule has 0 radical (unpaired) electrons. The summed E-state index contributed by atoms with van der Waals surface area (Å²) < 4.78 is 0. The normalized spacial score (nSPS) is 16.8. The number of anilines is 1. The molecule has 1 aliphatic heterocycles. The number of nitrogens with zero attached hydrogens (tertiary/aromatic N) is 1. The molecule has 126 valence electrons. The molecule has 0 fully saturated rings. The number of pyridine rings is 1. The van der Waals surface area contributed by atoms with Crippen molar-refractivity contribution in [2.75, 3.05) is 5.32 Å². The van der Waals surface area contributed by atoms with Crippen LogP contribution in [0.2, 0.25) is 5.02 Å². The van der Waals surface area contributed by atoms with Gasteiger partial charge in [0.2, 0.25) is 0 Å². The van der Waals surface area contributed by atoms with Gasteiger partial charge in [-0.2, -0.15) is 0 Å². The number of aromatic nitrogens is 1. The molecule has 0 saturated heterocycles. The number of fused-ring (bicyclic) bond motifs is 2. The summed E-state index contributed by atoms with van der Waals surface area (Å²) >= 11 is 6.23. The van der Waals surface area contributed by atoms with Gasteiger partial charge in [0, 0.05) is 16.0 Å². The molecule has 1 aromatic heterocycles. The molecule has 3 aromatic rings. The molecule has 2 aromatic carbocycles. The summed E-state index contributed by atoms with van der Waals surface area (Å²) in [6.45, 7) is 0. The number of hydrogen-bond donors (Lipinski definition) is 2. The molecule has 2 N–H and O–H groups in total. The number of carboxylic acids is 1. The molecule has 0 saturated carbocycles. The number of aryl methyl sites for hydroxylation is 1. The highest BCUT2D eigenvalue weighted by Gasteiger charge is 2.26. The second kappa shape index (κ2) is 6.37. The van der Waals surface area contributed by atoms with E-state index in [9.17, 15) is 9.90 Å². The van der Waals surface area contributed by atoms with Gasteiger partial charge in [-0.3, -0.25) is 4.98 Å². The summed E-state index contributed by atoms with van der Waals surface area (Å²) in [6, 6.07) is 15.0. The number of rotatable bonds is 2. The molecule has 25 heavy (non-hydrogen) atoms. The van der Waals surface area contributed by atoms with Gasteiger partial charge >= 0.3 is 5.97 Å². The van der Waals surface area contributed by atoms with Crippen molar-refractivity contribution in [2.24, 2.45) is 0 Å². The summed E-state index contributed by atoms with van der Waals surface area (Å²) in [5, 5.41) is 14.3. The Hall–Kier alpha value is -2.59. The van der Waals surface area contributed by atoms with E-state index in [-0.39, 0.29) is 0 Å². The second-order valence-corrected chi connectivity index (χ2v) is 6.70. The van der Waals surface area contributed by atoms with E-state index in [2.05, 4.69) is 5.32 Å². The Morgan fingerprint density at radius 3 is 2.76 bits per heavy atom. The zero-order valence-corrected chi connectivity index (χ0v) is 14.3. The van der Waals surface area contributed by atoms with Crippen molar-refractivity contribution in [3.63, 3.8) is 0 Å². The van der Waals surface area contributed by atoms with Crippen LogP contribution in [-0.2, 0) is 11.2 Å². The van der Waals surface area contributed by atoms with E-state index >= 15 is 0 Å². The predicted octanol–water partition coefficient (Wildman–Crippen LogP) is 4.76. The number of benzene rings is 2. The van der Waals surface area contributed by atoms with Gasteiger partial charge in [0.15, 0.2) is 0 Å². The number of nitrogens with one attached hydrogen (secondary N) is 1. The predicted molar refractivity (Wildman–Crippen MR) is 100 cm³/mol. The van der Waals surface area contributed by atoms with Crippen molar-refractivity contribution in [1.29, 1.82) is 0 Å². The Morgan fingerprint density at radius 2 is 2.00 bits per heavy atom. The van der Waals surface area contributed by atoms with Crippen molar-refractivity contribution in [3.05, 3.63) is 59.2 Å². The SMILES string of the molecule is O=C(O)C1CCCc2nc3ccc(Cl)cc3c(-c3ccccc3)c2N1. The Balaban J connectivity index is 2.04. The van der Waals surface area contributed by atoms with E-state index in [0.717, 1.165) is 46.3 Å². The summed E-state index contributed by atoms with van der Waals surface area (Å²) in [7, 11) is 0. The lowest BCUT2D eigenvalue weighted by molar-refractivity contribution is -0.138. The van der Waals surface area contributed by atoms with E-state index in [4.69, 9.17) is 16.6 Å². The van der Waals surface area contributed by atoms with Gasteiger partial charge in [-0.25, -0.2) is 4.79 Å². The maximum atomic E-state index is 11.6. The summed E-state index contributed by atoms with van der Waals surface area (Å²) in [5.74, 6) is -0.835. The molecule has 2 heterocycles. The Bertz CT molecular complexity index is 957. The third kappa shape index (κ3) is 2.94. The van der Waals surface area contributed by atoms with Crippen molar-refractivity contribution in [3.8, 4) is 11.1 Å². The standard InChI is InChI=1S/C20H17ClN2O2/c21-13-9-10-15-14(11-13)18(12-5-2-1-3-6-12)19-16(22-15)7-4-8-17(23-19)20(24)25/h1-3,5-6,9-11,17,23H,4,7-8H2,(H,24,25). The minimum absolute atomic E-state index is 0.580. The first-order valence-corrected chi connectivity index (χ1v) is 8.68. The van der Waals surface area contributed by atoms with Crippen LogP contribution in [0.3, 0.4) is 0 Å². The Morgan fingerprint density at radius 1 is 1.20 bits per heavy atom. The Kier molecular flexibility index (Phi) is 4.06. The number of aliphatic carboxylic acids is 1. The number of carbonyl (C=O) groups is 1. The highest BCUT2D eigenvalue weighted by atomic mass is 35.5. The third-order valence-electron chi connectivity index (χ3n) is 4.61. The number of carboxylic acid groups (broad SMARTS) is 1. The number of hydrogen-bond acceptors (Lipinski definition) is 3. The third-order valence-corrected chi connectivity index (χ3v) is 4.84. The fraction of sp³-hybridized carbons (Fsp3) is 0.200. The zero-order chi connectivity index (χ0) is 17.4. The maximum Gasteiger partial charge on any atom is 0.326 e. The smallest absolute Gasteiger partial charge is 0.326 e. The van der Waals surface area contributed by atoms with Crippen LogP contribution in [0.5, 0.6) is 0 Å². The zero-order valence-electron chi connectivity index (χ0n) is 13.5. The summed E-state index contributed by atoms with van der Waals surface area (Å²) in [4.78, 5) is 16.4. The van der Waals surface area contributed by atoms with Gasteiger partial charge in [-0.15, -0.1) is 0 Å². The fourth-order valence-corrected chi connectivity index (χ4v) is 3.60. The molecule has 0 bridgehead atoms. The van der Waals surface area contributed by atoms with Crippen LogP contribution in [0.4, 0.5) is 5.69 Å². The second-order valence-electron chi connectivity index (χ2n) is 6.26. The van der Waals surface area contributed by atoms with E-state index in [1.165, 1.54) is 0 Å². The first kappa shape index (κ1) is 15.9. The average Bonchev–Trinajstić information content (AvgIpc) is 2.83. The highest BCUT2D eigenvalue weighted by molar-refractivity contribution is 6.31. The topological polar surface area (TPSA) is 62.2 Å². The molecule has 1 atom stereocenters. The molecule has 0 spiro atoms. The van der Waals surface area contributed by atoms with E-state index in [1.54, 1.807) is 0 Å². The van der Waals surface area contributed by atoms with Crippen molar-refractivity contribution in [2.45, 2.75) is 25.3 Å². The van der Waals surface area contributed by atoms with Crippen LogP contribution in [-0.4, -0.2) is 22.1 Å². The monoisotopic (exact) mass is 352 g/mol. The first-order chi connectivity index (χ1) is 12.1. The van der Waals surface area contributed by atoms with Gasteiger partial charge in [0.1, 0.15) is 6.04 Å². The first-order valence-electron chi connectivity index (χ1n) is 8.30. The molecule has 1 aliphatic rings. The molecule has 0 aliphatic carbocycles. The number of halogens is 1. The molecule has 4 rings (SSSR count). The van der Waals surface area contributed by atoms with Crippen molar-refractivity contribution < 1.29 is 9.90 Å². The van der Waals surface area contributed by atoms with Crippen molar-refractivity contribution in [1.82, 2.24) is 4.98 Å². The Labute approximate surface area is 150 Å². The minimum atomic E-state index is -0.835. The van der Waals surface area contributed by atoms with E-state index in [0.29, 0.717) is 11.4 Å². The van der Waals surface area contributed by atoms with Crippen molar-refractivity contribution >= 4 is 34.2 Å². The lowest BCUT2D eigenvalue weighted by Gasteiger charge is -2.19. The molecule has 1 unspecified atom stereocenters. The minimum Gasteiger partial charge on any atom is -0.480 e. The van der Waals surface area contributed by atoms with Gasteiger partial charge in [0.25, 0.3) is 0 Å². The van der Waals surface area contributed by atoms with E-state index < -0.39 is 12.0 Å². The van der Waals surface area contributed by atoms with Crippen LogP contribution >= 0.6 is 11.6 Å². The van der Waals surface area contributed by atoms with Crippen LogP contribution in [0.1, 0.15) is 18.5 Å². The molecule has 4 nitrogen and oxygen atoms in total. The van der Waals surface area contributed by atoms with Crippen LogP contribution in [0.25, 0.3) is 22.0 Å². The molecular weight excluding hydrogens is 336 g/mol. The highest BCUT2D eigenvalue weighted by Crippen LogP contribution is 2.40.